The number of carboxylic acids is 1. The summed E-state index contributed by atoms with van der Waals surface area (Å²) in [6.07, 6.45) is -0.532. The average Bonchev–Trinajstić information content (AvgIpc) is 2.14. The molecule has 1 unspecified atom stereocenters. The lowest BCUT2D eigenvalue weighted by Gasteiger charge is -2.21. The van der Waals surface area contributed by atoms with Crippen molar-refractivity contribution >= 4 is 5.97 Å². The topological polar surface area (TPSA) is 66.8 Å². The normalized spacial score (nSPS) is 14.1. The number of hydrogen-bond donors (Lipinski definition) is 2. The van der Waals surface area contributed by atoms with E-state index in [4.69, 9.17) is 9.84 Å². The number of ether oxygens (including phenoxy) is 1. The number of halogens is 2. The standard InChI is InChI=1S/C11H12F2O4/c1-11(16,5-10(14)15)6-17-9-3-2-7(12)4-8(9)13/h2-4,16H,5-6H2,1H3,(H,14,15). The summed E-state index contributed by atoms with van der Waals surface area (Å²) in [6.45, 7) is 0.852. The molecule has 6 heteroatoms. The zero-order valence-electron chi connectivity index (χ0n) is 9.11. The summed E-state index contributed by atoms with van der Waals surface area (Å²) in [6, 6.07) is 2.72. The van der Waals surface area contributed by atoms with Crippen molar-refractivity contribution in [1.29, 1.82) is 0 Å². The molecule has 0 saturated carbocycles. The molecule has 0 amide bonds. The van der Waals surface area contributed by atoms with Crippen molar-refractivity contribution in [2.45, 2.75) is 18.9 Å². The van der Waals surface area contributed by atoms with Crippen LogP contribution in [0.3, 0.4) is 0 Å². The molecule has 0 aliphatic carbocycles. The van der Waals surface area contributed by atoms with Gasteiger partial charge in [-0.1, -0.05) is 0 Å². The molecule has 0 bridgehead atoms. The molecule has 0 heterocycles. The highest BCUT2D eigenvalue weighted by atomic mass is 19.1. The molecule has 0 aliphatic rings. The van der Waals surface area contributed by atoms with Crippen LogP contribution in [0.1, 0.15) is 13.3 Å². The number of aliphatic hydroxyl groups is 1. The maximum atomic E-state index is 13.1. The van der Waals surface area contributed by atoms with Gasteiger partial charge in [-0.15, -0.1) is 0 Å². The third-order valence-electron chi connectivity index (χ3n) is 1.96. The molecule has 1 rings (SSSR count). The second-order valence-corrected chi connectivity index (χ2v) is 3.93. The Labute approximate surface area is 96.5 Å². The van der Waals surface area contributed by atoms with Crippen LogP contribution in [0, 0.1) is 11.6 Å². The van der Waals surface area contributed by atoms with Crippen LogP contribution in [0.25, 0.3) is 0 Å². The Morgan fingerprint density at radius 1 is 1.47 bits per heavy atom. The summed E-state index contributed by atoms with van der Waals surface area (Å²) in [7, 11) is 0. The third kappa shape index (κ3) is 4.36. The molecule has 1 aromatic carbocycles. The zero-order chi connectivity index (χ0) is 13.1. The highest BCUT2D eigenvalue weighted by molar-refractivity contribution is 5.68. The molecular weight excluding hydrogens is 234 g/mol. The van der Waals surface area contributed by atoms with E-state index >= 15 is 0 Å². The maximum absolute atomic E-state index is 13.1. The van der Waals surface area contributed by atoms with Gasteiger partial charge in [-0.2, -0.15) is 0 Å². The summed E-state index contributed by atoms with van der Waals surface area (Å²) in [5.41, 5.74) is -1.62. The van der Waals surface area contributed by atoms with E-state index in [1.165, 1.54) is 6.92 Å². The maximum Gasteiger partial charge on any atom is 0.306 e. The van der Waals surface area contributed by atoms with E-state index in [0.29, 0.717) is 6.07 Å². The lowest BCUT2D eigenvalue weighted by atomic mass is 10.0. The van der Waals surface area contributed by atoms with Crippen molar-refractivity contribution in [3.8, 4) is 5.75 Å². The number of benzene rings is 1. The highest BCUT2D eigenvalue weighted by Gasteiger charge is 2.25. The molecule has 17 heavy (non-hydrogen) atoms. The van der Waals surface area contributed by atoms with Gasteiger partial charge in [0, 0.05) is 6.07 Å². The van der Waals surface area contributed by atoms with Crippen LogP contribution >= 0.6 is 0 Å². The Bertz CT molecular complexity index is 418. The molecule has 94 valence electrons. The number of rotatable bonds is 5. The highest BCUT2D eigenvalue weighted by Crippen LogP contribution is 2.20. The first-order chi connectivity index (χ1) is 7.80. The lowest BCUT2D eigenvalue weighted by molar-refractivity contribution is -0.143. The van der Waals surface area contributed by atoms with Crippen molar-refractivity contribution in [1.82, 2.24) is 0 Å². The molecule has 0 radical (unpaired) electrons. The van der Waals surface area contributed by atoms with Gasteiger partial charge in [0.1, 0.15) is 18.0 Å². The number of aliphatic carboxylic acids is 1. The van der Waals surface area contributed by atoms with Gasteiger partial charge >= 0.3 is 5.97 Å². The predicted molar refractivity (Wildman–Crippen MR) is 54.7 cm³/mol. The smallest absolute Gasteiger partial charge is 0.306 e. The lowest BCUT2D eigenvalue weighted by Crippen LogP contribution is -2.35. The van der Waals surface area contributed by atoms with Crippen molar-refractivity contribution < 1.29 is 28.5 Å². The van der Waals surface area contributed by atoms with Crippen LogP contribution in [-0.2, 0) is 4.79 Å². The van der Waals surface area contributed by atoms with Gasteiger partial charge in [0.05, 0.1) is 6.42 Å². The molecule has 0 aromatic heterocycles. The SMILES string of the molecule is CC(O)(COc1ccc(F)cc1F)CC(=O)O. The first-order valence-corrected chi connectivity index (χ1v) is 4.82. The molecule has 0 saturated heterocycles. The fraction of sp³-hybridized carbons (Fsp3) is 0.364. The summed E-state index contributed by atoms with van der Waals surface area (Å²) >= 11 is 0. The fourth-order valence-corrected chi connectivity index (χ4v) is 1.20. The van der Waals surface area contributed by atoms with Gasteiger partial charge in [-0.25, -0.2) is 8.78 Å². The first-order valence-electron chi connectivity index (χ1n) is 4.82. The first kappa shape index (κ1) is 13.4. The van der Waals surface area contributed by atoms with Gasteiger partial charge in [0.2, 0.25) is 0 Å². The second-order valence-electron chi connectivity index (χ2n) is 3.93. The van der Waals surface area contributed by atoms with Crippen LogP contribution in [0.5, 0.6) is 5.75 Å². The van der Waals surface area contributed by atoms with Crippen molar-refractivity contribution in [3.63, 3.8) is 0 Å². The average molecular weight is 246 g/mol. The summed E-state index contributed by atoms with van der Waals surface area (Å²) in [5.74, 6) is -3.08. The van der Waals surface area contributed by atoms with Gasteiger partial charge in [-0.05, 0) is 19.1 Å². The molecule has 0 spiro atoms. The van der Waals surface area contributed by atoms with E-state index < -0.39 is 36.2 Å². The minimum atomic E-state index is -1.62. The predicted octanol–water partition coefficient (Wildman–Crippen LogP) is 1.57. The Morgan fingerprint density at radius 2 is 2.12 bits per heavy atom. The number of carboxylic acid groups (broad SMARTS) is 1. The van der Waals surface area contributed by atoms with Crippen molar-refractivity contribution in [3.05, 3.63) is 29.8 Å². The zero-order valence-corrected chi connectivity index (χ0v) is 9.11. The molecule has 0 fully saturated rings. The Morgan fingerprint density at radius 3 is 2.65 bits per heavy atom. The Hall–Kier alpha value is -1.69. The quantitative estimate of drug-likeness (QED) is 0.827. The molecule has 1 atom stereocenters. The Balaban J connectivity index is 2.64. The van der Waals surface area contributed by atoms with Gasteiger partial charge in [0.25, 0.3) is 0 Å². The van der Waals surface area contributed by atoms with E-state index in [-0.39, 0.29) is 5.75 Å². The van der Waals surface area contributed by atoms with E-state index in [1.807, 2.05) is 0 Å². The van der Waals surface area contributed by atoms with Crippen molar-refractivity contribution in [2.24, 2.45) is 0 Å². The molecule has 2 N–H and O–H groups in total. The Kier molecular flexibility index (Phi) is 4.01. The molecule has 1 aromatic rings. The van der Waals surface area contributed by atoms with Gasteiger partial charge in [-0.3, -0.25) is 4.79 Å². The van der Waals surface area contributed by atoms with E-state index in [1.54, 1.807) is 0 Å². The van der Waals surface area contributed by atoms with E-state index in [0.717, 1.165) is 12.1 Å². The molecule has 0 aliphatic heterocycles. The summed E-state index contributed by atoms with van der Waals surface area (Å²) in [5, 5.41) is 18.1. The number of carbonyl (C=O) groups is 1. The largest absolute Gasteiger partial charge is 0.488 e. The van der Waals surface area contributed by atoms with Crippen LogP contribution in [0.15, 0.2) is 18.2 Å². The second kappa shape index (κ2) is 5.09. The molecular formula is C11H12F2O4. The summed E-state index contributed by atoms with van der Waals surface area (Å²) < 4.78 is 30.6. The van der Waals surface area contributed by atoms with Crippen molar-refractivity contribution in [2.75, 3.05) is 6.61 Å². The van der Waals surface area contributed by atoms with Gasteiger partial charge in [0.15, 0.2) is 11.6 Å². The van der Waals surface area contributed by atoms with E-state index in [2.05, 4.69) is 0 Å². The third-order valence-corrected chi connectivity index (χ3v) is 1.96. The van der Waals surface area contributed by atoms with Crippen LogP contribution in [-0.4, -0.2) is 28.4 Å². The van der Waals surface area contributed by atoms with Gasteiger partial charge < -0.3 is 14.9 Å². The van der Waals surface area contributed by atoms with Crippen LogP contribution in [0.4, 0.5) is 8.78 Å². The fourth-order valence-electron chi connectivity index (χ4n) is 1.20. The monoisotopic (exact) mass is 246 g/mol. The minimum Gasteiger partial charge on any atom is -0.488 e. The minimum absolute atomic E-state index is 0.239. The van der Waals surface area contributed by atoms with Crippen LogP contribution in [0.2, 0.25) is 0 Å². The van der Waals surface area contributed by atoms with E-state index in [9.17, 15) is 18.7 Å². The van der Waals surface area contributed by atoms with Crippen LogP contribution < -0.4 is 4.74 Å². The summed E-state index contributed by atoms with van der Waals surface area (Å²) in [4.78, 5) is 10.4. The molecule has 4 nitrogen and oxygen atoms in total. The number of hydrogen-bond acceptors (Lipinski definition) is 3.